The molecule has 3 aromatic rings. The fraction of sp³-hybridized carbons (Fsp3) is 0.419. The molecule has 1 amide bonds. The van der Waals surface area contributed by atoms with Crippen LogP contribution in [0, 0.1) is 0 Å². The second-order valence-corrected chi connectivity index (χ2v) is 10.3. The number of carbonyl (C=O) groups excluding carboxylic acids is 1. The zero-order chi connectivity index (χ0) is 27.0. The van der Waals surface area contributed by atoms with Gasteiger partial charge in [0.2, 0.25) is 5.91 Å². The smallest absolute Gasteiger partial charge is 0.222 e. The predicted molar refractivity (Wildman–Crippen MR) is 148 cm³/mol. The number of benzene rings is 2. The lowest BCUT2D eigenvalue weighted by molar-refractivity contribution is -0.158. The van der Waals surface area contributed by atoms with E-state index in [0.717, 1.165) is 35.3 Å². The van der Waals surface area contributed by atoms with E-state index in [1.807, 2.05) is 36.4 Å². The first-order chi connectivity index (χ1) is 19.1. The van der Waals surface area contributed by atoms with Crippen molar-refractivity contribution in [2.75, 3.05) is 26.9 Å². The molecule has 5 rings (SSSR count). The molecule has 0 bridgehead atoms. The molecular weight excluding hydrogens is 494 g/mol. The van der Waals surface area contributed by atoms with Crippen LogP contribution in [0.15, 0.2) is 73.1 Å². The maximum Gasteiger partial charge on any atom is 0.222 e. The van der Waals surface area contributed by atoms with Crippen molar-refractivity contribution in [3.05, 3.63) is 84.2 Å². The van der Waals surface area contributed by atoms with Gasteiger partial charge in [-0.05, 0) is 53.8 Å². The van der Waals surface area contributed by atoms with E-state index in [9.17, 15) is 9.90 Å². The van der Waals surface area contributed by atoms with Crippen LogP contribution < -0.4 is 10.1 Å². The molecule has 8 nitrogen and oxygen atoms in total. The lowest BCUT2D eigenvalue weighted by Gasteiger charge is -2.44. The Kier molecular flexibility index (Phi) is 9.21. The Bertz CT molecular complexity index is 1220. The number of para-hydroxylation sites is 1. The Labute approximate surface area is 229 Å². The lowest BCUT2D eigenvalue weighted by atomic mass is 9.94. The normalized spacial score (nSPS) is 23.7. The summed E-state index contributed by atoms with van der Waals surface area (Å²) in [5.41, 5.74) is 4.38. The SMILES string of the molecule is COc1ccccc1CNC(=O)C[C@H]1CC[C@H]2[C@@H](COC[C@H](O)CN2Cc2cccc(-c3ccncc3)c2)O1. The van der Waals surface area contributed by atoms with Gasteiger partial charge >= 0.3 is 0 Å². The third kappa shape index (κ3) is 7.22. The van der Waals surface area contributed by atoms with Crippen LogP contribution in [-0.4, -0.2) is 72.1 Å². The lowest BCUT2D eigenvalue weighted by Crippen LogP contribution is -2.55. The highest BCUT2D eigenvalue weighted by Gasteiger charge is 2.38. The predicted octanol–water partition coefficient (Wildman–Crippen LogP) is 3.57. The minimum Gasteiger partial charge on any atom is -0.496 e. The molecule has 0 radical (unpaired) electrons. The number of aliphatic hydroxyl groups is 1. The topological polar surface area (TPSA) is 93.2 Å². The van der Waals surface area contributed by atoms with Crippen molar-refractivity contribution in [1.82, 2.24) is 15.2 Å². The van der Waals surface area contributed by atoms with Gasteiger partial charge in [-0.1, -0.05) is 36.4 Å². The number of hydrogen-bond donors (Lipinski definition) is 2. The minimum absolute atomic E-state index is 0.0451. The number of β-amino-alcohol motifs (C(OH)–C–C–N with tert-alkyl or cyclic N) is 1. The molecule has 39 heavy (non-hydrogen) atoms. The van der Waals surface area contributed by atoms with Crippen LogP contribution >= 0.6 is 0 Å². The number of carbonyl (C=O) groups is 1. The molecule has 2 aliphatic rings. The second kappa shape index (κ2) is 13.2. The maximum atomic E-state index is 12.8. The number of ether oxygens (including phenoxy) is 3. The van der Waals surface area contributed by atoms with E-state index < -0.39 is 6.10 Å². The van der Waals surface area contributed by atoms with Crippen LogP contribution in [0.25, 0.3) is 11.1 Å². The first kappa shape index (κ1) is 27.3. The molecule has 2 N–H and O–H groups in total. The maximum absolute atomic E-state index is 12.8. The number of fused-ring (bicyclic) bond motifs is 1. The van der Waals surface area contributed by atoms with Crippen LogP contribution in [0.3, 0.4) is 0 Å². The summed E-state index contributed by atoms with van der Waals surface area (Å²) in [5.74, 6) is 0.714. The molecule has 3 heterocycles. The van der Waals surface area contributed by atoms with Gasteiger partial charge in [0.15, 0.2) is 0 Å². The number of aliphatic hydroxyl groups excluding tert-OH is 1. The number of aromatic nitrogens is 1. The number of hydrogen-bond acceptors (Lipinski definition) is 7. The average Bonchev–Trinajstić information content (AvgIpc) is 2.96. The molecule has 0 saturated carbocycles. The quantitative estimate of drug-likeness (QED) is 0.459. The van der Waals surface area contributed by atoms with Crippen molar-refractivity contribution in [2.24, 2.45) is 0 Å². The summed E-state index contributed by atoms with van der Waals surface area (Å²) in [7, 11) is 1.63. The fourth-order valence-electron chi connectivity index (χ4n) is 5.58. The highest BCUT2D eigenvalue weighted by Crippen LogP contribution is 2.29. The minimum atomic E-state index is -0.562. The molecular formula is C31H37N3O5. The van der Waals surface area contributed by atoms with Crippen molar-refractivity contribution >= 4 is 5.91 Å². The molecule has 2 saturated heterocycles. The van der Waals surface area contributed by atoms with Gasteiger partial charge < -0.3 is 24.6 Å². The Morgan fingerprint density at radius 3 is 2.77 bits per heavy atom. The van der Waals surface area contributed by atoms with Crippen LogP contribution in [0.2, 0.25) is 0 Å². The number of rotatable bonds is 8. The molecule has 0 unspecified atom stereocenters. The molecule has 8 heteroatoms. The van der Waals surface area contributed by atoms with Gasteiger partial charge in [0.1, 0.15) is 5.75 Å². The van der Waals surface area contributed by atoms with E-state index in [1.54, 1.807) is 19.5 Å². The van der Waals surface area contributed by atoms with E-state index in [1.165, 1.54) is 5.56 Å². The number of nitrogens with zero attached hydrogens (tertiary/aromatic N) is 2. The zero-order valence-electron chi connectivity index (χ0n) is 22.4. The van der Waals surface area contributed by atoms with Crippen molar-refractivity contribution in [2.45, 2.75) is 56.7 Å². The van der Waals surface area contributed by atoms with Crippen molar-refractivity contribution < 1.29 is 24.1 Å². The number of pyridine rings is 1. The van der Waals surface area contributed by atoms with Gasteiger partial charge in [-0.15, -0.1) is 0 Å². The Morgan fingerprint density at radius 2 is 1.92 bits per heavy atom. The molecule has 206 valence electrons. The Balaban J connectivity index is 1.21. The van der Waals surface area contributed by atoms with Gasteiger partial charge in [-0.25, -0.2) is 0 Å². The molecule has 2 aliphatic heterocycles. The van der Waals surface area contributed by atoms with E-state index in [-0.39, 0.29) is 30.8 Å². The van der Waals surface area contributed by atoms with E-state index in [4.69, 9.17) is 14.2 Å². The molecule has 0 aliphatic carbocycles. The second-order valence-electron chi connectivity index (χ2n) is 10.3. The van der Waals surface area contributed by atoms with Gasteiger partial charge in [0.25, 0.3) is 0 Å². The van der Waals surface area contributed by atoms with Crippen LogP contribution in [0.5, 0.6) is 5.75 Å². The van der Waals surface area contributed by atoms with Crippen LogP contribution in [-0.2, 0) is 27.4 Å². The summed E-state index contributed by atoms with van der Waals surface area (Å²) in [4.78, 5) is 19.2. The van der Waals surface area contributed by atoms with Gasteiger partial charge in [-0.2, -0.15) is 0 Å². The summed E-state index contributed by atoms with van der Waals surface area (Å²) in [6.45, 7) is 2.28. The number of nitrogens with one attached hydrogen (secondary N) is 1. The first-order valence-electron chi connectivity index (χ1n) is 13.6. The van der Waals surface area contributed by atoms with Crippen LogP contribution in [0.4, 0.5) is 0 Å². The van der Waals surface area contributed by atoms with Gasteiger partial charge in [0.05, 0.1) is 45.1 Å². The molecule has 2 fully saturated rings. The standard InChI is InChI=1S/C31H37N3O5/c1-37-29-8-3-2-6-25(29)17-33-31(36)16-27-9-10-28-30(39-27)21-38-20-26(35)19-34(28)18-22-5-4-7-24(15-22)23-11-13-32-14-12-23/h2-8,11-15,26-28,30,35H,9-10,16-21H2,1H3,(H,33,36)/t26-,27-,28+,30-/m1/s1. The average molecular weight is 532 g/mol. The fourth-order valence-corrected chi connectivity index (χ4v) is 5.58. The zero-order valence-corrected chi connectivity index (χ0v) is 22.4. The highest BCUT2D eigenvalue weighted by atomic mass is 16.5. The van der Waals surface area contributed by atoms with Gasteiger partial charge in [0, 0.05) is 43.6 Å². The van der Waals surface area contributed by atoms with Crippen molar-refractivity contribution in [3.8, 4) is 16.9 Å². The summed E-state index contributed by atoms with van der Waals surface area (Å²) >= 11 is 0. The summed E-state index contributed by atoms with van der Waals surface area (Å²) < 4.78 is 17.6. The Morgan fingerprint density at radius 1 is 1.08 bits per heavy atom. The largest absolute Gasteiger partial charge is 0.496 e. The molecule has 1 aromatic heterocycles. The van der Waals surface area contributed by atoms with E-state index in [2.05, 4.69) is 39.5 Å². The summed E-state index contributed by atoms with van der Waals surface area (Å²) in [6.07, 6.45) is 4.64. The van der Waals surface area contributed by atoms with E-state index in [0.29, 0.717) is 32.7 Å². The highest BCUT2D eigenvalue weighted by molar-refractivity contribution is 5.76. The monoisotopic (exact) mass is 531 g/mol. The first-order valence-corrected chi connectivity index (χ1v) is 13.6. The van der Waals surface area contributed by atoms with Crippen molar-refractivity contribution in [3.63, 3.8) is 0 Å². The number of methoxy groups -OCH3 is 1. The number of amides is 1. The summed E-state index contributed by atoms with van der Waals surface area (Å²) in [5, 5.41) is 13.6. The summed E-state index contributed by atoms with van der Waals surface area (Å²) in [6, 6.07) is 20.3. The Hall–Kier alpha value is -3.30. The molecule has 0 spiro atoms. The van der Waals surface area contributed by atoms with Crippen molar-refractivity contribution in [1.29, 1.82) is 0 Å². The molecule has 2 aromatic carbocycles. The van der Waals surface area contributed by atoms with Crippen LogP contribution in [0.1, 0.15) is 30.4 Å². The van der Waals surface area contributed by atoms with E-state index >= 15 is 0 Å². The van der Waals surface area contributed by atoms with Gasteiger partial charge in [-0.3, -0.25) is 14.7 Å². The molecule has 4 atom stereocenters. The third-order valence-corrected chi connectivity index (χ3v) is 7.50. The third-order valence-electron chi connectivity index (χ3n) is 7.50.